The van der Waals surface area contributed by atoms with E-state index >= 15 is 0 Å². The Hall–Kier alpha value is -0.0800. The minimum Gasteiger partial charge on any atom is -0.313 e. The number of nitrogens with zero attached hydrogens (tertiary/aromatic N) is 1. The molecule has 2 rings (SSSR count). The molecule has 1 saturated heterocycles. The Labute approximate surface area is 133 Å². The predicted molar refractivity (Wildman–Crippen MR) is 92.6 cm³/mol. The molecule has 0 radical (unpaired) electrons. The van der Waals surface area contributed by atoms with Crippen LogP contribution in [0.4, 0.5) is 0 Å². The molecule has 0 aromatic heterocycles. The molecule has 0 amide bonds. The molecular formula is C19H38N2. The van der Waals surface area contributed by atoms with Gasteiger partial charge in [0.2, 0.25) is 0 Å². The van der Waals surface area contributed by atoms with Crippen LogP contribution in [0.15, 0.2) is 0 Å². The molecule has 1 aliphatic carbocycles. The Morgan fingerprint density at radius 1 is 1.14 bits per heavy atom. The molecule has 1 saturated carbocycles. The molecule has 2 heteroatoms. The van der Waals surface area contributed by atoms with Gasteiger partial charge in [-0.2, -0.15) is 0 Å². The van der Waals surface area contributed by atoms with E-state index in [1.807, 2.05) is 0 Å². The topological polar surface area (TPSA) is 15.3 Å². The molecule has 1 aliphatic heterocycles. The molecule has 0 spiro atoms. The van der Waals surface area contributed by atoms with Crippen molar-refractivity contribution in [2.45, 2.75) is 72.8 Å². The Kier molecular flexibility index (Phi) is 6.14. The van der Waals surface area contributed by atoms with Gasteiger partial charge >= 0.3 is 0 Å². The summed E-state index contributed by atoms with van der Waals surface area (Å²) in [6, 6.07) is 0.722. The number of hydrogen-bond donors (Lipinski definition) is 1. The Bertz CT molecular complexity index is 303. The summed E-state index contributed by atoms with van der Waals surface area (Å²) < 4.78 is 0. The lowest BCUT2D eigenvalue weighted by Crippen LogP contribution is -2.47. The zero-order valence-electron chi connectivity index (χ0n) is 15.1. The van der Waals surface area contributed by atoms with Crippen molar-refractivity contribution < 1.29 is 0 Å². The minimum atomic E-state index is 0.482. The summed E-state index contributed by atoms with van der Waals surface area (Å²) in [5, 5.41) is 3.86. The third kappa shape index (κ3) is 4.45. The summed E-state index contributed by atoms with van der Waals surface area (Å²) in [6.07, 6.45) is 6.89. The number of likely N-dealkylation sites (tertiary alicyclic amines) is 1. The van der Waals surface area contributed by atoms with E-state index in [-0.39, 0.29) is 0 Å². The van der Waals surface area contributed by atoms with Gasteiger partial charge in [0, 0.05) is 12.6 Å². The van der Waals surface area contributed by atoms with Gasteiger partial charge in [-0.15, -0.1) is 0 Å². The van der Waals surface area contributed by atoms with Gasteiger partial charge in [0.15, 0.2) is 0 Å². The van der Waals surface area contributed by atoms with Crippen molar-refractivity contribution >= 4 is 0 Å². The van der Waals surface area contributed by atoms with Gasteiger partial charge in [0.25, 0.3) is 0 Å². The summed E-state index contributed by atoms with van der Waals surface area (Å²) in [7, 11) is 0. The lowest BCUT2D eigenvalue weighted by atomic mass is 9.83. The highest BCUT2D eigenvalue weighted by Gasteiger charge is 2.42. The summed E-state index contributed by atoms with van der Waals surface area (Å²) in [6.45, 7) is 17.2. The first-order chi connectivity index (χ1) is 9.94. The number of rotatable bonds is 6. The standard InChI is InChI=1S/C19H38N2/c1-6-11-20-18-17(7-10-19(18,4)5)14-21-12-8-16(9-13-21)15(2)3/h15-18,20H,6-14H2,1-5H3. The largest absolute Gasteiger partial charge is 0.313 e. The number of nitrogens with one attached hydrogen (secondary N) is 1. The van der Waals surface area contributed by atoms with E-state index in [0.29, 0.717) is 5.41 Å². The third-order valence-corrected chi connectivity index (χ3v) is 6.15. The van der Waals surface area contributed by atoms with Crippen molar-refractivity contribution in [3.63, 3.8) is 0 Å². The highest BCUT2D eigenvalue weighted by atomic mass is 15.1. The zero-order chi connectivity index (χ0) is 15.5. The second kappa shape index (κ2) is 7.46. The maximum Gasteiger partial charge on any atom is 0.0159 e. The van der Waals surface area contributed by atoms with Crippen LogP contribution in [0, 0.1) is 23.2 Å². The molecule has 2 aliphatic rings. The fourth-order valence-electron chi connectivity index (χ4n) is 4.59. The lowest BCUT2D eigenvalue weighted by molar-refractivity contribution is 0.125. The first-order valence-electron chi connectivity index (χ1n) is 9.39. The molecule has 1 N–H and O–H groups in total. The van der Waals surface area contributed by atoms with Crippen LogP contribution in [0.5, 0.6) is 0 Å². The maximum absolute atomic E-state index is 3.86. The second-order valence-electron chi connectivity index (χ2n) is 8.60. The Balaban J connectivity index is 1.84. The lowest BCUT2D eigenvalue weighted by Gasteiger charge is -2.38. The average Bonchev–Trinajstić information content (AvgIpc) is 2.72. The van der Waals surface area contributed by atoms with Crippen LogP contribution in [-0.2, 0) is 0 Å². The molecule has 2 unspecified atom stereocenters. The molecule has 2 atom stereocenters. The van der Waals surface area contributed by atoms with E-state index in [1.54, 1.807) is 0 Å². The highest BCUT2D eigenvalue weighted by Crippen LogP contribution is 2.42. The van der Waals surface area contributed by atoms with Gasteiger partial charge in [-0.1, -0.05) is 34.6 Å². The van der Waals surface area contributed by atoms with Crippen LogP contribution >= 0.6 is 0 Å². The molecule has 124 valence electrons. The van der Waals surface area contributed by atoms with Crippen LogP contribution in [0.3, 0.4) is 0 Å². The maximum atomic E-state index is 3.86. The van der Waals surface area contributed by atoms with Crippen molar-refractivity contribution in [3.8, 4) is 0 Å². The van der Waals surface area contributed by atoms with Crippen molar-refractivity contribution in [1.29, 1.82) is 0 Å². The Morgan fingerprint density at radius 3 is 2.38 bits per heavy atom. The van der Waals surface area contributed by atoms with E-state index < -0.39 is 0 Å². The molecule has 21 heavy (non-hydrogen) atoms. The number of hydrogen-bond acceptors (Lipinski definition) is 2. The van der Waals surface area contributed by atoms with Crippen LogP contribution in [-0.4, -0.2) is 37.1 Å². The van der Waals surface area contributed by atoms with Gasteiger partial charge in [0.05, 0.1) is 0 Å². The summed E-state index contributed by atoms with van der Waals surface area (Å²) in [5.41, 5.74) is 0.482. The van der Waals surface area contributed by atoms with Crippen LogP contribution in [0.1, 0.15) is 66.7 Å². The van der Waals surface area contributed by atoms with E-state index in [4.69, 9.17) is 0 Å². The molecular weight excluding hydrogens is 256 g/mol. The van der Waals surface area contributed by atoms with Crippen LogP contribution < -0.4 is 5.32 Å². The van der Waals surface area contributed by atoms with Crippen LogP contribution in [0.25, 0.3) is 0 Å². The average molecular weight is 295 g/mol. The normalized spacial score (nSPS) is 31.1. The van der Waals surface area contributed by atoms with Gasteiger partial charge in [-0.25, -0.2) is 0 Å². The fraction of sp³-hybridized carbons (Fsp3) is 1.00. The van der Waals surface area contributed by atoms with E-state index in [9.17, 15) is 0 Å². The summed E-state index contributed by atoms with van der Waals surface area (Å²) >= 11 is 0. The Morgan fingerprint density at radius 2 is 1.81 bits per heavy atom. The molecule has 0 bridgehead atoms. The van der Waals surface area contributed by atoms with Crippen molar-refractivity contribution in [2.75, 3.05) is 26.2 Å². The summed E-state index contributed by atoms with van der Waals surface area (Å²) in [5.74, 6) is 2.70. The molecule has 0 aromatic carbocycles. The van der Waals surface area contributed by atoms with Crippen molar-refractivity contribution in [2.24, 2.45) is 23.2 Å². The minimum absolute atomic E-state index is 0.482. The highest BCUT2D eigenvalue weighted by molar-refractivity contribution is 4.97. The smallest absolute Gasteiger partial charge is 0.0159 e. The molecule has 2 fully saturated rings. The molecule has 0 aromatic rings. The first-order valence-corrected chi connectivity index (χ1v) is 9.39. The quantitative estimate of drug-likeness (QED) is 0.791. The summed E-state index contributed by atoms with van der Waals surface area (Å²) in [4.78, 5) is 2.76. The predicted octanol–water partition coefficient (Wildman–Crippen LogP) is 4.16. The van der Waals surface area contributed by atoms with Crippen molar-refractivity contribution in [3.05, 3.63) is 0 Å². The first kappa shape index (κ1) is 17.3. The van der Waals surface area contributed by atoms with Crippen molar-refractivity contribution in [1.82, 2.24) is 10.2 Å². The monoisotopic (exact) mass is 294 g/mol. The van der Waals surface area contributed by atoms with E-state index in [0.717, 1.165) is 23.8 Å². The van der Waals surface area contributed by atoms with Gasteiger partial charge in [-0.05, 0) is 74.9 Å². The fourth-order valence-corrected chi connectivity index (χ4v) is 4.59. The van der Waals surface area contributed by atoms with Gasteiger partial charge in [0.1, 0.15) is 0 Å². The van der Waals surface area contributed by atoms with E-state index in [2.05, 4.69) is 44.8 Å². The molecule has 2 nitrogen and oxygen atoms in total. The van der Waals surface area contributed by atoms with Crippen LogP contribution in [0.2, 0.25) is 0 Å². The molecule has 1 heterocycles. The third-order valence-electron chi connectivity index (χ3n) is 6.15. The zero-order valence-corrected chi connectivity index (χ0v) is 15.1. The van der Waals surface area contributed by atoms with Gasteiger partial charge in [-0.3, -0.25) is 0 Å². The van der Waals surface area contributed by atoms with Gasteiger partial charge < -0.3 is 10.2 Å². The van der Waals surface area contributed by atoms with E-state index in [1.165, 1.54) is 58.3 Å². The SMILES string of the molecule is CCCNC1C(CN2CCC(C(C)C)CC2)CCC1(C)C. The number of piperidine rings is 1. The second-order valence-corrected chi connectivity index (χ2v) is 8.60.